The van der Waals surface area contributed by atoms with Crippen molar-refractivity contribution in [3.05, 3.63) is 69.8 Å². The van der Waals surface area contributed by atoms with E-state index < -0.39 is 29.1 Å². The molecule has 0 unspecified atom stereocenters. The largest absolute Gasteiger partial charge is 0.467 e. The Labute approximate surface area is 214 Å². The highest BCUT2D eigenvalue weighted by Gasteiger charge is 2.70. The van der Waals surface area contributed by atoms with E-state index in [1.807, 2.05) is 24.3 Å². The third-order valence-corrected chi connectivity index (χ3v) is 8.29. The van der Waals surface area contributed by atoms with Crippen LogP contribution in [0.3, 0.4) is 0 Å². The summed E-state index contributed by atoms with van der Waals surface area (Å²) in [5.74, 6) is -0.699. The van der Waals surface area contributed by atoms with E-state index in [1.165, 1.54) is 31.4 Å². The molecule has 2 fully saturated rings. The third-order valence-electron chi connectivity index (χ3n) is 8.29. The number of fused-ring (bicyclic) bond motifs is 2. The van der Waals surface area contributed by atoms with Gasteiger partial charge in [0.2, 0.25) is 5.91 Å². The number of likely N-dealkylation sites (tertiary alicyclic amines) is 1. The number of rotatable bonds is 6. The van der Waals surface area contributed by atoms with Crippen molar-refractivity contribution < 1.29 is 28.8 Å². The monoisotopic (exact) mass is 507 g/mol. The van der Waals surface area contributed by atoms with Gasteiger partial charge < -0.3 is 19.7 Å². The topological polar surface area (TPSA) is 128 Å². The third kappa shape index (κ3) is 4.41. The number of esters is 1. The standard InChI is InChI=1S/C27H29N3O7/c1-27(2)20-14-29(23(21(20)27)25(32)36-3)24(31)22(17-12-15-6-4-5-7-16(15)13-17)28-26(33)37-19-10-8-18(9-11-19)30(34)35/h4-11,17,20-23H,12-14H2,1-3H3,(H,28,33)/t20-,21-,22-,23-/m0/s1. The average Bonchev–Trinajstić information content (AvgIpc) is 3.24. The number of benzene rings is 2. The first-order valence-corrected chi connectivity index (χ1v) is 12.3. The van der Waals surface area contributed by atoms with Crippen LogP contribution < -0.4 is 10.1 Å². The van der Waals surface area contributed by atoms with E-state index in [0.717, 1.165) is 11.1 Å². The van der Waals surface area contributed by atoms with Gasteiger partial charge in [-0.1, -0.05) is 38.1 Å². The van der Waals surface area contributed by atoms with Crippen LogP contribution in [-0.4, -0.2) is 53.5 Å². The Morgan fingerprint density at radius 3 is 2.27 bits per heavy atom. The molecule has 2 amide bonds. The summed E-state index contributed by atoms with van der Waals surface area (Å²) in [4.78, 5) is 51.5. The number of hydrogen-bond acceptors (Lipinski definition) is 7. The second-order valence-electron chi connectivity index (χ2n) is 10.6. The van der Waals surface area contributed by atoms with Crippen LogP contribution in [0.15, 0.2) is 48.5 Å². The predicted molar refractivity (Wildman–Crippen MR) is 132 cm³/mol. The fraction of sp³-hybridized carbons (Fsp3) is 0.444. The molecule has 1 heterocycles. The highest BCUT2D eigenvalue weighted by Crippen LogP contribution is 2.65. The number of nitro benzene ring substituents is 1. The van der Waals surface area contributed by atoms with Gasteiger partial charge in [-0.05, 0) is 53.4 Å². The lowest BCUT2D eigenvalue weighted by atomic mass is 9.93. The fourth-order valence-electron chi connectivity index (χ4n) is 6.19. The van der Waals surface area contributed by atoms with Crippen LogP contribution in [0, 0.1) is 33.3 Å². The molecule has 37 heavy (non-hydrogen) atoms. The molecule has 2 aliphatic carbocycles. The van der Waals surface area contributed by atoms with Crippen molar-refractivity contribution in [2.45, 2.75) is 38.8 Å². The average molecular weight is 508 g/mol. The van der Waals surface area contributed by atoms with Gasteiger partial charge in [0.25, 0.3) is 5.69 Å². The van der Waals surface area contributed by atoms with E-state index in [9.17, 15) is 24.5 Å². The molecule has 1 aliphatic heterocycles. The number of non-ortho nitro benzene ring substituents is 1. The minimum absolute atomic E-state index is 0.0115. The van der Waals surface area contributed by atoms with Gasteiger partial charge in [0.15, 0.2) is 0 Å². The molecule has 10 heteroatoms. The Kier molecular flexibility index (Phi) is 6.13. The number of hydrogen-bond donors (Lipinski definition) is 1. The Bertz CT molecular complexity index is 1230. The van der Waals surface area contributed by atoms with E-state index in [1.54, 1.807) is 4.90 Å². The maximum absolute atomic E-state index is 14.0. The normalized spacial score (nSPS) is 24.0. The molecule has 0 aromatic heterocycles. The Hall–Kier alpha value is -3.95. The molecular weight excluding hydrogens is 478 g/mol. The van der Waals surface area contributed by atoms with Gasteiger partial charge >= 0.3 is 12.1 Å². The Morgan fingerprint density at radius 1 is 1.08 bits per heavy atom. The zero-order valence-electron chi connectivity index (χ0n) is 20.9. The smallest absolute Gasteiger partial charge is 0.413 e. The van der Waals surface area contributed by atoms with E-state index >= 15 is 0 Å². The van der Waals surface area contributed by atoms with Crippen LogP contribution in [-0.2, 0) is 27.2 Å². The number of carbonyl (C=O) groups is 3. The molecule has 0 bridgehead atoms. The van der Waals surface area contributed by atoms with Crippen LogP contribution in [0.2, 0.25) is 0 Å². The summed E-state index contributed by atoms with van der Waals surface area (Å²) in [5.41, 5.74) is 2.04. The summed E-state index contributed by atoms with van der Waals surface area (Å²) in [6.45, 7) is 4.60. The van der Waals surface area contributed by atoms with Crippen LogP contribution in [0.4, 0.5) is 10.5 Å². The lowest BCUT2D eigenvalue weighted by molar-refractivity contribution is -0.384. The summed E-state index contributed by atoms with van der Waals surface area (Å²) < 4.78 is 10.4. The number of nitrogens with zero attached hydrogens (tertiary/aromatic N) is 2. The molecule has 3 aliphatic rings. The second-order valence-corrected chi connectivity index (χ2v) is 10.6. The summed E-state index contributed by atoms with van der Waals surface area (Å²) in [6, 6.07) is 11.4. The first-order valence-electron chi connectivity index (χ1n) is 12.3. The minimum Gasteiger partial charge on any atom is -0.467 e. The number of methoxy groups -OCH3 is 1. The van der Waals surface area contributed by atoms with E-state index in [2.05, 4.69) is 19.2 Å². The molecule has 1 saturated heterocycles. The van der Waals surface area contributed by atoms with Crippen LogP contribution >= 0.6 is 0 Å². The van der Waals surface area contributed by atoms with Crippen molar-refractivity contribution >= 4 is 23.7 Å². The molecule has 1 saturated carbocycles. The van der Waals surface area contributed by atoms with Gasteiger partial charge in [-0.2, -0.15) is 0 Å². The molecule has 1 N–H and O–H groups in total. The van der Waals surface area contributed by atoms with Crippen molar-refractivity contribution in [1.82, 2.24) is 10.2 Å². The maximum atomic E-state index is 14.0. The van der Waals surface area contributed by atoms with E-state index in [4.69, 9.17) is 9.47 Å². The molecule has 2 aromatic carbocycles. The molecule has 5 rings (SSSR count). The fourth-order valence-corrected chi connectivity index (χ4v) is 6.19. The summed E-state index contributed by atoms with van der Waals surface area (Å²) in [5, 5.41) is 13.6. The number of piperidine rings is 1. The molecular formula is C27H29N3O7. The number of nitro groups is 1. The molecule has 10 nitrogen and oxygen atoms in total. The molecule has 2 aromatic rings. The Balaban J connectivity index is 1.37. The quantitative estimate of drug-likeness (QED) is 0.361. The summed E-state index contributed by atoms with van der Waals surface area (Å²) >= 11 is 0. The lowest BCUT2D eigenvalue weighted by Gasteiger charge is -2.34. The van der Waals surface area contributed by atoms with Crippen molar-refractivity contribution in [2.75, 3.05) is 13.7 Å². The van der Waals surface area contributed by atoms with Gasteiger partial charge in [0.1, 0.15) is 17.8 Å². The highest BCUT2D eigenvalue weighted by atomic mass is 16.6. The Morgan fingerprint density at radius 2 is 1.70 bits per heavy atom. The van der Waals surface area contributed by atoms with Gasteiger partial charge in [0, 0.05) is 24.6 Å². The van der Waals surface area contributed by atoms with Crippen molar-refractivity contribution in [3.8, 4) is 5.75 Å². The molecule has 0 radical (unpaired) electrons. The van der Waals surface area contributed by atoms with Crippen molar-refractivity contribution in [1.29, 1.82) is 0 Å². The molecule has 4 atom stereocenters. The van der Waals surface area contributed by atoms with Crippen LogP contribution in [0.25, 0.3) is 0 Å². The zero-order chi connectivity index (χ0) is 26.5. The van der Waals surface area contributed by atoms with Crippen LogP contribution in [0.5, 0.6) is 5.75 Å². The molecule has 0 spiro atoms. The number of nitrogens with one attached hydrogen (secondary N) is 1. The van der Waals surface area contributed by atoms with E-state index in [0.29, 0.717) is 19.4 Å². The van der Waals surface area contributed by atoms with Gasteiger partial charge in [-0.15, -0.1) is 0 Å². The number of ether oxygens (including phenoxy) is 2. The lowest BCUT2D eigenvalue weighted by Crippen LogP contribution is -2.57. The maximum Gasteiger partial charge on any atom is 0.413 e. The van der Waals surface area contributed by atoms with Gasteiger partial charge in [-0.3, -0.25) is 14.9 Å². The summed E-state index contributed by atoms with van der Waals surface area (Å²) in [6.07, 6.45) is 0.348. The van der Waals surface area contributed by atoms with Crippen molar-refractivity contribution in [2.24, 2.45) is 23.2 Å². The number of carbonyl (C=O) groups excluding carboxylic acids is 3. The van der Waals surface area contributed by atoms with Gasteiger partial charge in [0.05, 0.1) is 12.0 Å². The minimum atomic E-state index is -0.925. The van der Waals surface area contributed by atoms with Crippen LogP contribution in [0.1, 0.15) is 25.0 Å². The highest BCUT2D eigenvalue weighted by molar-refractivity contribution is 5.91. The van der Waals surface area contributed by atoms with E-state index in [-0.39, 0.29) is 40.5 Å². The first-order chi connectivity index (χ1) is 17.6. The zero-order valence-corrected chi connectivity index (χ0v) is 20.9. The first kappa shape index (κ1) is 24.7. The number of amides is 2. The predicted octanol–water partition coefficient (Wildman–Crippen LogP) is 3.12. The van der Waals surface area contributed by atoms with Crippen molar-refractivity contribution in [3.63, 3.8) is 0 Å². The summed E-state index contributed by atoms with van der Waals surface area (Å²) in [7, 11) is 1.32. The SMILES string of the molecule is COC(=O)[C@@H]1[C@@H]2[C@H](CN1C(=O)[C@@H](NC(=O)Oc1ccc([N+](=O)[O-])cc1)C1Cc3ccccc3C1)C2(C)C. The second kappa shape index (κ2) is 9.17. The van der Waals surface area contributed by atoms with Gasteiger partial charge in [-0.25, -0.2) is 9.59 Å². The molecule has 194 valence electrons.